The number of sulfonamides is 1. The molecule has 2 aromatic rings. The molecule has 130 valence electrons. The van der Waals surface area contributed by atoms with Crippen LogP contribution in [-0.4, -0.2) is 43.5 Å². The number of rotatable bonds is 7. The lowest BCUT2D eigenvalue weighted by molar-refractivity contribution is 0.211. The van der Waals surface area contributed by atoms with Gasteiger partial charge in [-0.05, 0) is 37.1 Å². The molecular formula is C18H24N2O3S. The minimum Gasteiger partial charge on any atom is -0.468 e. The third-order valence-corrected chi connectivity index (χ3v) is 5.79. The molecule has 6 heteroatoms. The summed E-state index contributed by atoms with van der Waals surface area (Å²) in [6.45, 7) is 2.60. The van der Waals surface area contributed by atoms with Crippen LogP contribution in [0.2, 0.25) is 0 Å². The van der Waals surface area contributed by atoms with Gasteiger partial charge in [-0.15, -0.1) is 0 Å². The first-order chi connectivity index (χ1) is 11.5. The van der Waals surface area contributed by atoms with Crippen molar-refractivity contribution in [2.24, 2.45) is 0 Å². The molecule has 1 aliphatic heterocycles. The Labute approximate surface area is 143 Å². The molecule has 0 amide bonds. The third kappa shape index (κ3) is 4.26. The van der Waals surface area contributed by atoms with Crippen LogP contribution in [0.25, 0.3) is 0 Å². The quantitative estimate of drug-likeness (QED) is 0.772. The van der Waals surface area contributed by atoms with E-state index in [1.54, 1.807) is 10.6 Å². The zero-order valence-corrected chi connectivity index (χ0v) is 14.8. The highest BCUT2D eigenvalue weighted by molar-refractivity contribution is 7.88. The van der Waals surface area contributed by atoms with Gasteiger partial charge in [-0.3, -0.25) is 4.90 Å². The lowest BCUT2D eigenvalue weighted by Crippen LogP contribution is -2.37. The van der Waals surface area contributed by atoms with Crippen molar-refractivity contribution in [2.45, 2.75) is 25.4 Å². The monoisotopic (exact) mass is 348 g/mol. The average molecular weight is 348 g/mol. The van der Waals surface area contributed by atoms with Gasteiger partial charge < -0.3 is 4.42 Å². The summed E-state index contributed by atoms with van der Waals surface area (Å²) in [5, 5.41) is 0. The molecule has 1 unspecified atom stereocenters. The van der Waals surface area contributed by atoms with Gasteiger partial charge in [0, 0.05) is 19.6 Å². The minimum absolute atomic E-state index is 0.262. The van der Waals surface area contributed by atoms with Crippen molar-refractivity contribution in [1.82, 2.24) is 9.21 Å². The van der Waals surface area contributed by atoms with Crippen molar-refractivity contribution in [1.29, 1.82) is 0 Å². The van der Waals surface area contributed by atoms with Gasteiger partial charge >= 0.3 is 0 Å². The van der Waals surface area contributed by atoms with Crippen molar-refractivity contribution in [3.05, 3.63) is 60.1 Å². The minimum atomic E-state index is -3.24. The third-order valence-electron chi connectivity index (χ3n) is 4.54. The number of nitrogens with zero attached hydrogens (tertiary/aromatic N) is 2. The van der Waals surface area contributed by atoms with Crippen LogP contribution in [0.4, 0.5) is 0 Å². The Morgan fingerprint density at radius 1 is 1.21 bits per heavy atom. The fraction of sp³-hybridized carbons (Fsp3) is 0.444. The number of likely N-dealkylation sites (tertiary alicyclic amines) is 1. The van der Waals surface area contributed by atoms with E-state index in [1.807, 2.05) is 42.5 Å². The number of benzene rings is 1. The zero-order valence-electron chi connectivity index (χ0n) is 14.0. The molecule has 0 radical (unpaired) electrons. The first kappa shape index (κ1) is 17.2. The van der Waals surface area contributed by atoms with Crippen LogP contribution in [0, 0.1) is 0 Å². The summed E-state index contributed by atoms with van der Waals surface area (Å²) in [7, 11) is -3.24. The summed E-state index contributed by atoms with van der Waals surface area (Å²) in [4.78, 5) is 2.32. The molecule has 3 rings (SSSR count). The van der Waals surface area contributed by atoms with Gasteiger partial charge in [0.25, 0.3) is 0 Å². The predicted molar refractivity (Wildman–Crippen MR) is 94.0 cm³/mol. The van der Waals surface area contributed by atoms with E-state index in [0.717, 1.165) is 30.7 Å². The summed E-state index contributed by atoms with van der Waals surface area (Å²) in [6, 6.07) is 13.9. The van der Waals surface area contributed by atoms with E-state index in [4.69, 9.17) is 4.42 Å². The Bertz CT molecular complexity index is 729. The number of hydrogen-bond acceptors (Lipinski definition) is 4. The van der Waals surface area contributed by atoms with E-state index in [9.17, 15) is 8.42 Å². The Kier molecular flexibility index (Phi) is 5.38. The summed E-state index contributed by atoms with van der Waals surface area (Å²) in [5.41, 5.74) is 1.01. The van der Waals surface area contributed by atoms with Crippen molar-refractivity contribution in [2.75, 3.05) is 25.9 Å². The molecule has 5 nitrogen and oxygen atoms in total. The van der Waals surface area contributed by atoms with Crippen molar-refractivity contribution >= 4 is 10.0 Å². The molecule has 0 saturated carbocycles. The normalized spacial score (nSPS) is 19.2. The molecule has 1 aromatic heterocycles. The van der Waals surface area contributed by atoms with Gasteiger partial charge in [0.2, 0.25) is 10.0 Å². The topological polar surface area (TPSA) is 53.8 Å². The Morgan fingerprint density at radius 2 is 2.00 bits per heavy atom. The van der Waals surface area contributed by atoms with Gasteiger partial charge in [-0.25, -0.2) is 8.42 Å². The van der Waals surface area contributed by atoms with Crippen LogP contribution < -0.4 is 0 Å². The molecule has 1 aliphatic rings. The van der Waals surface area contributed by atoms with Crippen LogP contribution in [-0.2, 0) is 16.6 Å². The molecule has 24 heavy (non-hydrogen) atoms. The van der Waals surface area contributed by atoms with Crippen LogP contribution in [0.5, 0.6) is 0 Å². The van der Waals surface area contributed by atoms with Gasteiger partial charge in [-0.2, -0.15) is 4.31 Å². The van der Waals surface area contributed by atoms with Crippen LogP contribution >= 0.6 is 0 Å². The Balaban J connectivity index is 1.65. The maximum Gasteiger partial charge on any atom is 0.211 e. The van der Waals surface area contributed by atoms with Crippen LogP contribution in [0.3, 0.4) is 0 Å². The largest absolute Gasteiger partial charge is 0.468 e. The second-order valence-electron chi connectivity index (χ2n) is 6.29. The SMILES string of the molecule is CS(=O)(=O)N(CCN1CCCC1c1ccco1)Cc1ccccc1. The summed E-state index contributed by atoms with van der Waals surface area (Å²) < 4.78 is 31.4. The number of hydrogen-bond donors (Lipinski definition) is 0. The maximum atomic E-state index is 12.1. The fourth-order valence-electron chi connectivity index (χ4n) is 3.29. The highest BCUT2D eigenvalue weighted by atomic mass is 32.2. The van der Waals surface area contributed by atoms with Crippen molar-refractivity contribution < 1.29 is 12.8 Å². The van der Waals surface area contributed by atoms with Gasteiger partial charge in [0.05, 0.1) is 18.6 Å². The molecule has 1 saturated heterocycles. The predicted octanol–water partition coefficient (Wildman–Crippen LogP) is 2.88. The molecule has 0 N–H and O–H groups in total. The van der Waals surface area contributed by atoms with E-state index in [1.165, 1.54) is 6.26 Å². The van der Waals surface area contributed by atoms with E-state index in [-0.39, 0.29) is 6.04 Å². The van der Waals surface area contributed by atoms with Gasteiger partial charge in [0.1, 0.15) is 5.76 Å². The average Bonchev–Trinajstić information content (AvgIpc) is 3.22. The molecular weight excluding hydrogens is 324 g/mol. The second kappa shape index (κ2) is 7.51. The lowest BCUT2D eigenvalue weighted by Gasteiger charge is -2.27. The van der Waals surface area contributed by atoms with E-state index >= 15 is 0 Å². The molecule has 0 spiro atoms. The van der Waals surface area contributed by atoms with Gasteiger partial charge in [-0.1, -0.05) is 30.3 Å². The lowest BCUT2D eigenvalue weighted by atomic mass is 10.1. The van der Waals surface area contributed by atoms with Crippen molar-refractivity contribution in [3.63, 3.8) is 0 Å². The summed E-state index contributed by atoms with van der Waals surface area (Å²) >= 11 is 0. The van der Waals surface area contributed by atoms with Gasteiger partial charge in [0.15, 0.2) is 0 Å². The zero-order chi connectivity index (χ0) is 17.0. The van der Waals surface area contributed by atoms with Crippen LogP contribution in [0.1, 0.15) is 30.2 Å². The van der Waals surface area contributed by atoms with Crippen molar-refractivity contribution in [3.8, 4) is 0 Å². The standard InChI is InChI=1S/C18H24N2O3S/c1-24(21,22)20(15-16-7-3-2-4-8-16)13-12-19-11-5-9-17(19)18-10-6-14-23-18/h2-4,6-8,10,14,17H,5,9,11-13,15H2,1H3. The molecule has 1 atom stereocenters. The second-order valence-corrected chi connectivity index (χ2v) is 8.27. The van der Waals surface area contributed by atoms with E-state index in [0.29, 0.717) is 19.6 Å². The Hall–Kier alpha value is -1.63. The first-order valence-corrected chi connectivity index (χ1v) is 10.2. The fourth-order valence-corrected chi connectivity index (χ4v) is 4.08. The highest BCUT2D eigenvalue weighted by Crippen LogP contribution is 2.31. The molecule has 0 bridgehead atoms. The number of furan rings is 1. The molecule has 0 aliphatic carbocycles. The molecule has 1 aromatic carbocycles. The van der Waals surface area contributed by atoms with E-state index in [2.05, 4.69) is 4.90 Å². The summed E-state index contributed by atoms with van der Waals surface area (Å²) in [5.74, 6) is 0.974. The Morgan fingerprint density at radius 3 is 2.67 bits per heavy atom. The van der Waals surface area contributed by atoms with Crippen LogP contribution in [0.15, 0.2) is 53.1 Å². The highest BCUT2D eigenvalue weighted by Gasteiger charge is 2.29. The molecule has 2 heterocycles. The molecule has 1 fully saturated rings. The first-order valence-electron chi connectivity index (χ1n) is 8.30. The smallest absolute Gasteiger partial charge is 0.211 e. The summed E-state index contributed by atoms with van der Waals surface area (Å²) in [6.07, 6.45) is 5.15. The maximum absolute atomic E-state index is 12.1. The van der Waals surface area contributed by atoms with E-state index < -0.39 is 10.0 Å².